The van der Waals surface area contributed by atoms with Crippen LogP contribution in [0, 0.1) is 37.3 Å². The molecule has 2 amide bonds. The summed E-state index contributed by atoms with van der Waals surface area (Å²) in [6, 6.07) is 8.32. The number of furan rings is 1. The van der Waals surface area contributed by atoms with E-state index in [1.165, 1.54) is 24.3 Å². The molecule has 0 saturated carbocycles. The highest BCUT2D eigenvalue weighted by Crippen LogP contribution is 2.32. The normalized spacial score (nSPS) is 13.3. The van der Waals surface area contributed by atoms with Crippen molar-refractivity contribution >= 4 is 40.3 Å². The van der Waals surface area contributed by atoms with Crippen LogP contribution in [0.2, 0.25) is 0 Å². The van der Waals surface area contributed by atoms with Crippen molar-refractivity contribution in [3.8, 4) is 0 Å². The number of rotatable bonds is 7. The molecule has 1 heterocycles. The fourth-order valence-corrected chi connectivity index (χ4v) is 4.07. The molecular formula is C23H19N7O9. The van der Waals surface area contributed by atoms with E-state index in [1.807, 2.05) is 0 Å². The number of fused-ring (bicyclic) bond motifs is 1. The molecule has 16 heteroatoms. The summed E-state index contributed by atoms with van der Waals surface area (Å²) in [5.74, 6) is -1.40. The quantitative estimate of drug-likeness (QED) is 0.293. The Balaban J connectivity index is 1.54. The van der Waals surface area contributed by atoms with Crippen LogP contribution >= 0.6 is 0 Å². The van der Waals surface area contributed by atoms with Crippen LogP contribution in [0.15, 0.2) is 52.0 Å². The number of hydrogen-bond acceptors (Lipinski definition) is 11. The molecule has 2 aromatic carbocycles. The summed E-state index contributed by atoms with van der Waals surface area (Å²) in [4.78, 5) is 56.5. The molecule has 0 unspecified atom stereocenters. The standard InChI is InChI=1S/C23H19N7O9/c1-12-20-16(25-24-15-10-9-13(28(33)34)11-18(15)30(37)38)6-4-8-19(20)39-21(12)23(32)27-26-22(31)14-5-2-3-7-17(14)29(35)36/h2-3,5,7,9-11,24H,4,6,8H2,1H3,(H,26,31)(H,27,32)/b25-16+. The second-order valence-corrected chi connectivity index (χ2v) is 8.28. The number of hydrazone groups is 1. The second kappa shape index (κ2) is 10.8. The number of benzene rings is 2. The Morgan fingerprint density at radius 3 is 2.28 bits per heavy atom. The summed E-state index contributed by atoms with van der Waals surface area (Å²) in [6.45, 7) is 1.59. The van der Waals surface area contributed by atoms with E-state index in [9.17, 15) is 39.9 Å². The van der Waals surface area contributed by atoms with Crippen LogP contribution < -0.4 is 16.3 Å². The zero-order chi connectivity index (χ0) is 28.3. The maximum Gasteiger partial charge on any atom is 0.305 e. The average molecular weight is 537 g/mol. The summed E-state index contributed by atoms with van der Waals surface area (Å²) in [7, 11) is 0. The Morgan fingerprint density at radius 1 is 0.897 bits per heavy atom. The van der Waals surface area contributed by atoms with Gasteiger partial charge in [0.1, 0.15) is 17.0 Å². The molecule has 16 nitrogen and oxygen atoms in total. The van der Waals surface area contributed by atoms with Crippen molar-refractivity contribution in [2.75, 3.05) is 5.43 Å². The SMILES string of the molecule is Cc1c(C(=O)NNC(=O)c2ccccc2[N+](=O)[O-])oc2c1/C(=N/Nc1ccc([N+](=O)[O-])cc1[N+](=O)[O-])CCC2. The van der Waals surface area contributed by atoms with E-state index in [-0.39, 0.29) is 17.0 Å². The van der Waals surface area contributed by atoms with Crippen LogP contribution in [-0.4, -0.2) is 32.3 Å². The van der Waals surface area contributed by atoms with Crippen LogP contribution in [0.25, 0.3) is 0 Å². The third kappa shape index (κ3) is 5.38. The highest BCUT2D eigenvalue weighted by molar-refractivity contribution is 6.07. The number of para-hydroxylation sites is 1. The van der Waals surface area contributed by atoms with Gasteiger partial charge in [-0.15, -0.1) is 0 Å². The molecule has 0 saturated heterocycles. The Bertz CT molecular complexity index is 1560. The first kappa shape index (κ1) is 26.4. The molecule has 0 spiro atoms. The number of anilines is 1. The number of carbonyl (C=O) groups is 2. The lowest BCUT2D eigenvalue weighted by atomic mass is 9.93. The smallest absolute Gasteiger partial charge is 0.305 e. The number of hydrazine groups is 1. The molecular weight excluding hydrogens is 518 g/mol. The Morgan fingerprint density at radius 2 is 1.59 bits per heavy atom. The van der Waals surface area contributed by atoms with Gasteiger partial charge in [-0.3, -0.25) is 56.2 Å². The second-order valence-electron chi connectivity index (χ2n) is 8.28. The summed E-state index contributed by atoms with van der Waals surface area (Å²) in [5, 5.41) is 37.8. The van der Waals surface area contributed by atoms with Crippen molar-refractivity contribution in [3.05, 3.63) is 101 Å². The van der Waals surface area contributed by atoms with Crippen LogP contribution in [0.4, 0.5) is 22.7 Å². The summed E-state index contributed by atoms with van der Waals surface area (Å²) in [5.41, 5.74) is 6.48. The van der Waals surface area contributed by atoms with Gasteiger partial charge in [-0.2, -0.15) is 5.10 Å². The molecule has 3 N–H and O–H groups in total. The maximum absolute atomic E-state index is 12.8. The first-order valence-corrected chi connectivity index (χ1v) is 11.3. The van der Waals surface area contributed by atoms with Gasteiger partial charge < -0.3 is 4.42 Å². The fourth-order valence-electron chi connectivity index (χ4n) is 4.07. The first-order chi connectivity index (χ1) is 18.6. The van der Waals surface area contributed by atoms with E-state index in [2.05, 4.69) is 21.4 Å². The van der Waals surface area contributed by atoms with E-state index in [4.69, 9.17) is 4.42 Å². The number of nitro groups is 3. The van der Waals surface area contributed by atoms with E-state index < -0.39 is 43.6 Å². The summed E-state index contributed by atoms with van der Waals surface area (Å²) < 4.78 is 5.72. The lowest BCUT2D eigenvalue weighted by Gasteiger charge is -2.13. The van der Waals surface area contributed by atoms with Gasteiger partial charge in [0.25, 0.3) is 17.3 Å². The third-order valence-corrected chi connectivity index (χ3v) is 5.87. The molecule has 1 aromatic heterocycles. The number of non-ortho nitro benzene ring substituents is 1. The monoisotopic (exact) mass is 537 g/mol. The minimum absolute atomic E-state index is 0.0675. The van der Waals surface area contributed by atoms with E-state index >= 15 is 0 Å². The number of aryl methyl sites for hydroxylation is 1. The molecule has 0 atom stereocenters. The molecule has 3 aromatic rings. The average Bonchev–Trinajstić information content (AvgIpc) is 3.27. The molecule has 0 fully saturated rings. The van der Waals surface area contributed by atoms with E-state index in [0.29, 0.717) is 41.9 Å². The number of amides is 2. The van der Waals surface area contributed by atoms with Gasteiger partial charge in [0.2, 0.25) is 0 Å². The summed E-state index contributed by atoms with van der Waals surface area (Å²) >= 11 is 0. The molecule has 4 rings (SSSR count). The number of carbonyl (C=O) groups excluding carboxylic acids is 2. The van der Waals surface area contributed by atoms with Crippen molar-refractivity contribution in [2.24, 2.45) is 5.10 Å². The maximum atomic E-state index is 12.8. The molecule has 0 aliphatic heterocycles. The Labute approximate surface area is 218 Å². The predicted molar refractivity (Wildman–Crippen MR) is 134 cm³/mol. The van der Waals surface area contributed by atoms with E-state index in [1.54, 1.807) is 6.92 Å². The topological polar surface area (TPSA) is 225 Å². The van der Waals surface area contributed by atoms with Gasteiger partial charge in [-0.1, -0.05) is 12.1 Å². The molecule has 0 bridgehead atoms. The van der Waals surface area contributed by atoms with Gasteiger partial charge >= 0.3 is 11.6 Å². The van der Waals surface area contributed by atoms with Crippen LogP contribution in [0.5, 0.6) is 0 Å². The van der Waals surface area contributed by atoms with Crippen LogP contribution in [0.1, 0.15) is 50.6 Å². The van der Waals surface area contributed by atoms with Crippen molar-refractivity contribution in [2.45, 2.75) is 26.2 Å². The molecule has 1 aliphatic carbocycles. The predicted octanol–water partition coefficient (Wildman–Crippen LogP) is 3.54. The van der Waals surface area contributed by atoms with Crippen molar-refractivity contribution < 1.29 is 28.8 Å². The Kier molecular flexibility index (Phi) is 7.28. The van der Waals surface area contributed by atoms with Crippen LogP contribution in [-0.2, 0) is 6.42 Å². The molecule has 39 heavy (non-hydrogen) atoms. The molecule has 200 valence electrons. The number of hydrogen-bond donors (Lipinski definition) is 3. The number of nitro benzene ring substituents is 3. The summed E-state index contributed by atoms with van der Waals surface area (Å²) in [6.07, 6.45) is 1.51. The first-order valence-electron chi connectivity index (χ1n) is 11.3. The highest BCUT2D eigenvalue weighted by Gasteiger charge is 2.29. The van der Waals surface area contributed by atoms with Crippen LogP contribution in [0.3, 0.4) is 0 Å². The van der Waals surface area contributed by atoms with Crippen molar-refractivity contribution in [3.63, 3.8) is 0 Å². The van der Waals surface area contributed by atoms with Gasteiger partial charge in [0.05, 0.1) is 26.5 Å². The molecule has 1 aliphatic rings. The number of nitrogens with zero attached hydrogens (tertiary/aromatic N) is 4. The Hall–Kier alpha value is -5.67. The highest BCUT2D eigenvalue weighted by atomic mass is 16.6. The van der Waals surface area contributed by atoms with Crippen molar-refractivity contribution in [1.82, 2.24) is 10.9 Å². The largest absolute Gasteiger partial charge is 0.455 e. The third-order valence-electron chi connectivity index (χ3n) is 5.87. The fraction of sp³-hybridized carbons (Fsp3) is 0.174. The van der Waals surface area contributed by atoms with Gasteiger partial charge in [-0.05, 0) is 31.9 Å². The van der Waals surface area contributed by atoms with E-state index in [0.717, 1.165) is 18.2 Å². The minimum atomic E-state index is -0.902. The lowest BCUT2D eigenvalue weighted by Crippen LogP contribution is -2.41. The van der Waals surface area contributed by atoms with Crippen molar-refractivity contribution in [1.29, 1.82) is 0 Å². The lowest BCUT2D eigenvalue weighted by molar-refractivity contribution is -0.393. The number of nitrogens with one attached hydrogen (secondary N) is 3. The molecule has 0 radical (unpaired) electrons. The zero-order valence-corrected chi connectivity index (χ0v) is 20.1. The minimum Gasteiger partial charge on any atom is -0.455 e. The van der Waals surface area contributed by atoms with Gasteiger partial charge in [0, 0.05) is 29.7 Å². The zero-order valence-electron chi connectivity index (χ0n) is 20.1. The van der Waals surface area contributed by atoms with Gasteiger partial charge in [-0.25, -0.2) is 0 Å². The van der Waals surface area contributed by atoms with Gasteiger partial charge in [0.15, 0.2) is 5.76 Å².